The largest absolute Gasteiger partial charge is 0.392 e. The molecule has 0 bridgehead atoms. The van der Waals surface area contributed by atoms with Crippen molar-refractivity contribution in [2.45, 2.75) is 0 Å². The molecule has 2 atom stereocenters. The summed E-state index contributed by atoms with van der Waals surface area (Å²) in [6, 6.07) is 0. The zero-order valence-electron chi connectivity index (χ0n) is 5.56. The maximum Gasteiger partial charge on any atom is 0.323 e. The summed E-state index contributed by atoms with van der Waals surface area (Å²) in [5, 5.41) is 7.76. The van der Waals surface area contributed by atoms with E-state index in [1.165, 1.54) is 6.08 Å². The van der Waals surface area contributed by atoms with Crippen molar-refractivity contribution in [3.05, 3.63) is 12.7 Å². The molecule has 8 heteroatoms. The fourth-order valence-corrected chi connectivity index (χ4v) is 0.672. The van der Waals surface area contributed by atoms with Gasteiger partial charge >= 0.3 is 16.5 Å². The van der Waals surface area contributed by atoms with Crippen LogP contribution in [0.1, 0.15) is 0 Å². The van der Waals surface area contributed by atoms with Gasteiger partial charge in [0.1, 0.15) is 0 Å². The summed E-state index contributed by atoms with van der Waals surface area (Å²) >= 11 is 0. The molecule has 68 valence electrons. The van der Waals surface area contributed by atoms with Gasteiger partial charge in [0.05, 0.1) is 6.61 Å². The minimum Gasteiger partial charge on any atom is -0.392 e. The van der Waals surface area contributed by atoms with Crippen LogP contribution in [0.4, 0.5) is 0 Å². The lowest BCUT2D eigenvalue weighted by Crippen LogP contribution is -1.62. The Morgan fingerprint density at radius 2 is 1.64 bits per heavy atom. The average Bonchev–Trinajstić information content (AvgIpc) is 1.85. The van der Waals surface area contributed by atoms with Crippen molar-refractivity contribution >= 4 is 16.5 Å². The third-order valence-corrected chi connectivity index (χ3v) is 1.70. The van der Waals surface area contributed by atoms with E-state index < -0.39 is 16.5 Å². The Morgan fingerprint density at radius 3 is 1.64 bits per heavy atom. The first-order valence-electron chi connectivity index (χ1n) is 2.40. The van der Waals surface area contributed by atoms with Crippen LogP contribution in [0, 0.1) is 0 Å². The molecule has 0 fully saturated rings. The lowest BCUT2D eigenvalue weighted by Gasteiger charge is -1.86. The van der Waals surface area contributed by atoms with Crippen molar-refractivity contribution in [2.75, 3.05) is 6.61 Å². The van der Waals surface area contributed by atoms with Crippen molar-refractivity contribution in [1.82, 2.24) is 0 Å². The second-order valence-corrected chi connectivity index (χ2v) is 2.99. The van der Waals surface area contributed by atoms with E-state index in [1.54, 1.807) is 0 Å². The molecular formula is C3H10O6P2. The molecule has 0 radical (unpaired) electrons. The Hall–Kier alpha value is 0.0400. The second kappa shape index (κ2) is 10.0. The number of aliphatic hydroxyl groups is 1. The fourth-order valence-electron chi connectivity index (χ4n) is 0.0747. The third-order valence-electron chi connectivity index (χ3n) is 0.304. The summed E-state index contributed by atoms with van der Waals surface area (Å²) in [6.07, 6.45) is 1.43. The van der Waals surface area contributed by atoms with Crippen LogP contribution in [0.15, 0.2) is 12.7 Å². The first kappa shape index (κ1) is 13.6. The second-order valence-electron chi connectivity index (χ2n) is 1.11. The van der Waals surface area contributed by atoms with Gasteiger partial charge in [0.25, 0.3) is 0 Å². The summed E-state index contributed by atoms with van der Waals surface area (Å²) in [5.41, 5.74) is 0. The van der Waals surface area contributed by atoms with Crippen molar-refractivity contribution in [3.8, 4) is 0 Å². The van der Waals surface area contributed by atoms with Crippen molar-refractivity contribution in [2.24, 2.45) is 0 Å². The Balaban J connectivity index is 0. The smallest absolute Gasteiger partial charge is 0.323 e. The van der Waals surface area contributed by atoms with Crippen LogP contribution in [0.3, 0.4) is 0 Å². The Morgan fingerprint density at radius 1 is 1.36 bits per heavy atom. The Labute approximate surface area is 65.0 Å². The molecule has 6 nitrogen and oxygen atoms in total. The standard InChI is InChI=1S/C3H6O.H4O5P2/c1-2-3-4;1-6(2)5-7(3)4/h2,4H,1,3H2;6-7H,(H,1,2)(H,3,4). The highest BCUT2D eigenvalue weighted by Crippen LogP contribution is 2.30. The van der Waals surface area contributed by atoms with Gasteiger partial charge in [-0.2, -0.15) is 0 Å². The van der Waals surface area contributed by atoms with Crippen LogP contribution in [0.2, 0.25) is 0 Å². The summed E-state index contributed by atoms with van der Waals surface area (Å²) in [5.74, 6) is 0. The molecule has 0 aromatic heterocycles. The molecule has 2 unspecified atom stereocenters. The van der Waals surface area contributed by atoms with Crippen LogP contribution in [0.5, 0.6) is 0 Å². The van der Waals surface area contributed by atoms with E-state index in [0.717, 1.165) is 0 Å². The molecule has 0 amide bonds. The van der Waals surface area contributed by atoms with Crippen LogP contribution in [-0.2, 0) is 13.4 Å². The number of hydrogen-bond donors (Lipinski definition) is 3. The first-order valence-corrected chi connectivity index (χ1v) is 4.92. The van der Waals surface area contributed by atoms with Gasteiger partial charge in [-0.25, -0.2) is 4.31 Å². The quantitative estimate of drug-likeness (QED) is 0.439. The summed E-state index contributed by atoms with van der Waals surface area (Å²) < 4.78 is 22.3. The maximum absolute atomic E-state index is 9.44. The average molecular weight is 204 g/mol. The number of rotatable bonds is 3. The van der Waals surface area contributed by atoms with Gasteiger partial charge in [-0.1, -0.05) is 6.08 Å². The molecular weight excluding hydrogens is 194 g/mol. The molecule has 0 aliphatic carbocycles. The highest BCUT2D eigenvalue weighted by Gasteiger charge is 1.93. The van der Waals surface area contributed by atoms with Gasteiger partial charge in [-0.3, -0.25) is 9.13 Å². The van der Waals surface area contributed by atoms with Gasteiger partial charge in [0.2, 0.25) is 0 Å². The fraction of sp³-hybridized carbons (Fsp3) is 0.333. The molecule has 0 aliphatic heterocycles. The first-order chi connectivity index (χ1) is 5.04. The Bertz CT molecular complexity index is 133. The molecule has 0 aromatic carbocycles. The normalized spacial score (nSPS) is 14.1. The minimum atomic E-state index is -3.20. The zero-order chi connectivity index (χ0) is 9.28. The van der Waals surface area contributed by atoms with Crippen molar-refractivity contribution < 1.29 is 28.3 Å². The van der Waals surface area contributed by atoms with Crippen LogP contribution in [0.25, 0.3) is 0 Å². The number of aliphatic hydroxyl groups excluding tert-OH is 1. The van der Waals surface area contributed by atoms with Crippen LogP contribution in [-0.4, -0.2) is 21.5 Å². The van der Waals surface area contributed by atoms with E-state index in [1.807, 2.05) is 0 Å². The summed E-state index contributed by atoms with van der Waals surface area (Å²) in [7, 11) is -6.40. The molecule has 0 spiro atoms. The van der Waals surface area contributed by atoms with Gasteiger partial charge in [-0.05, 0) is 0 Å². The third kappa shape index (κ3) is 25.5. The van der Waals surface area contributed by atoms with Gasteiger partial charge in [-0.15, -0.1) is 6.58 Å². The van der Waals surface area contributed by atoms with E-state index in [0.29, 0.717) is 0 Å². The Kier molecular flexibility index (Phi) is 12.4. The van der Waals surface area contributed by atoms with Gasteiger partial charge < -0.3 is 14.9 Å². The maximum atomic E-state index is 9.44. The van der Waals surface area contributed by atoms with Crippen LogP contribution >= 0.6 is 16.5 Å². The predicted octanol–water partition coefficient (Wildman–Crippen LogP) is -0.0683. The van der Waals surface area contributed by atoms with Crippen molar-refractivity contribution in [1.29, 1.82) is 0 Å². The van der Waals surface area contributed by atoms with E-state index >= 15 is 0 Å². The highest BCUT2D eigenvalue weighted by molar-refractivity contribution is 7.46. The molecule has 0 saturated heterocycles. The number of hydrogen-bond acceptors (Lipinski definition) is 4. The van der Waals surface area contributed by atoms with E-state index in [2.05, 4.69) is 10.9 Å². The van der Waals surface area contributed by atoms with E-state index in [-0.39, 0.29) is 6.61 Å². The highest BCUT2D eigenvalue weighted by atomic mass is 31.2. The lowest BCUT2D eigenvalue weighted by molar-refractivity contribution is 0.343. The SMILES string of the molecule is C=CCO.O=[PH](O)O[PH](=O)O. The summed E-state index contributed by atoms with van der Waals surface area (Å²) in [4.78, 5) is 15.4. The van der Waals surface area contributed by atoms with Crippen molar-refractivity contribution in [3.63, 3.8) is 0 Å². The molecule has 0 rings (SSSR count). The minimum absolute atomic E-state index is 0.0833. The van der Waals surface area contributed by atoms with Gasteiger partial charge in [0, 0.05) is 0 Å². The molecule has 3 N–H and O–H groups in total. The summed E-state index contributed by atoms with van der Waals surface area (Å²) in [6.45, 7) is 3.31. The van der Waals surface area contributed by atoms with Gasteiger partial charge in [0.15, 0.2) is 0 Å². The molecule has 0 aromatic rings. The lowest BCUT2D eigenvalue weighted by atomic mass is 10.7. The molecule has 11 heavy (non-hydrogen) atoms. The molecule has 0 aliphatic rings. The van der Waals surface area contributed by atoms with E-state index in [9.17, 15) is 9.13 Å². The van der Waals surface area contributed by atoms with E-state index in [4.69, 9.17) is 14.9 Å². The zero-order valence-corrected chi connectivity index (χ0v) is 7.56. The predicted molar refractivity (Wildman–Crippen MR) is 40.8 cm³/mol. The monoisotopic (exact) mass is 204 g/mol. The van der Waals surface area contributed by atoms with Crippen LogP contribution < -0.4 is 0 Å². The molecule has 0 saturated carbocycles. The topological polar surface area (TPSA) is 104 Å². The molecule has 0 heterocycles.